The lowest BCUT2D eigenvalue weighted by molar-refractivity contribution is 1.06. The molecule has 2 heterocycles. The van der Waals surface area contributed by atoms with E-state index in [-0.39, 0.29) is 0 Å². The van der Waals surface area contributed by atoms with Crippen LogP contribution in [0.15, 0.2) is 36.7 Å². The third-order valence-corrected chi connectivity index (χ3v) is 2.74. The number of pyridine rings is 2. The molecule has 2 aromatic heterocycles. The lowest BCUT2D eigenvalue weighted by Gasteiger charge is -2.24. The summed E-state index contributed by atoms with van der Waals surface area (Å²) in [5.41, 5.74) is 4.02. The van der Waals surface area contributed by atoms with Gasteiger partial charge in [-0.3, -0.25) is 9.97 Å². The molecule has 4 heteroatoms. The summed E-state index contributed by atoms with van der Waals surface area (Å²) in [5, 5.41) is 0. The Morgan fingerprint density at radius 2 is 1.61 bits per heavy atom. The van der Waals surface area contributed by atoms with Gasteiger partial charge in [-0.2, -0.15) is 0 Å². The maximum Gasteiger partial charge on any atom is 0.114 e. The third-order valence-electron chi connectivity index (χ3n) is 2.74. The standard InChI is InChI=1S/C14H18N4/c1-17(2)12-8-10-16-13(14(12)18(3)4)11-7-5-6-9-15-11/h5-10H,1-4H3. The summed E-state index contributed by atoms with van der Waals surface area (Å²) in [6.07, 6.45) is 3.62. The van der Waals surface area contributed by atoms with Gasteiger partial charge in [0.15, 0.2) is 0 Å². The van der Waals surface area contributed by atoms with Crippen LogP contribution in [0.4, 0.5) is 11.4 Å². The van der Waals surface area contributed by atoms with Crippen molar-refractivity contribution in [2.45, 2.75) is 0 Å². The van der Waals surface area contributed by atoms with Gasteiger partial charge in [-0.05, 0) is 18.2 Å². The van der Waals surface area contributed by atoms with Gasteiger partial charge in [-0.15, -0.1) is 0 Å². The van der Waals surface area contributed by atoms with Gasteiger partial charge < -0.3 is 9.80 Å². The monoisotopic (exact) mass is 242 g/mol. The van der Waals surface area contributed by atoms with E-state index in [2.05, 4.69) is 19.8 Å². The number of anilines is 2. The number of aromatic nitrogens is 2. The molecule has 0 aliphatic rings. The van der Waals surface area contributed by atoms with Crippen LogP contribution in [0.25, 0.3) is 11.4 Å². The molecule has 4 nitrogen and oxygen atoms in total. The van der Waals surface area contributed by atoms with E-state index < -0.39 is 0 Å². The Morgan fingerprint density at radius 3 is 2.17 bits per heavy atom. The summed E-state index contributed by atoms with van der Waals surface area (Å²) >= 11 is 0. The van der Waals surface area contributed by atoms with E-state index in [0.29, 0.717) is 0 Å². The maximum absolute atomic E-state index is 4.48. The minimum Gasteiger partial charge on any atom is -0.376 e. The molecule has 0 atom stereocenters. The molecule has 0 spiro atoms. The first-order valence-electron chi connectivity index (χ1n) is 5.86. The van der Waals surface area contributed by atoms with Crippen molar-refractivity contribution in [2.75, 3.05) is 38.0 Å². The van der Waals surface area contributed by atoms with Crippen molar-refractivity contribution in [2.24, 2.45) is 0 Å². The SMILES string of the molecule is CN(C)c1ccnc(-c2ccccn2)c1N(C)C. The van der Waals surface area contributed by atoms with E-state index in [1.165, 1.54) is 0 Å². The van der Waals surface area contributed by atoms with Gasteiger partial charge in [-0.25, -0.2) is 0 Å². The molecule has 0 aliphatic heterocycles. The second-order valence-corrected chi connectivity index (χ2v) is 4.53. The Bertz CT molecular complexity index is 521. The number of nitrogens with zero attached hydrogens (tertiary/aromatic N) is 4. The summed E-state index contributed by atoms with van der Waals surface area (Å²) < 4.78 is 0. The Kier molecular flexibility index (Phi) is 3.46. The topological polar surface area (TPSA) is 32.3 Å². The van der Waals surface area contributed by atoms with Gasteiger partial charge in [0.05, 0.1) is 17.1 Å². The van der Waals surface area contributed by atoms with Crippen LogP contribution in [0, 0.1) is 0 Å². The molecule has 0 unspecified atom stereocenters. The normalized spacial score (nSPS) is 10.2. The number of hydrogen-bond donors (Lipinski definition) is 0. The summed E-state index contributed by atoms with van der Waals surface area (Å²) in [6, 6.07) is 7.89. The first-order valence-corrected chi connectivity index (χ1v) is 5.86. The van der Waals surface area contributed by atoms with Gasteiger partial charge in [0.2, 0.25) is 0 Å². The van der Waals surface area contributed by atoms with Crippen LogP contribution in [0.5, 0.6) is 0 Å². The molecule has 0 aliphatic carbocycles. The fraction of sp³-hybridized carbons (Fsp3) is 0.286. The predicted molar refractivity (Wildman–Crippen MR) is 76.1 cm³/mol. The second kappa shape index (κ2) is 5.04. The van der Waals surface area contributed by atoms with E-state index in [1.54, 1.807) is 6.20 Å². The summed E-state index contributed by atoms with van der Waals surface area (Å²) in [5.74, 6) is 0. The van der Waals surface area contributed by atoms with Crippen molar-refractivity contribution in [1.82, 2.24) is 9.97 Å². The predicted octanol–water partition coefficient (Wildman–Crippen LogP) is 2.28. The van der Waals surface area contributed by atoms with Crippen LogP contribution in [0.1, 0.15) is 0 Å². The highest BCUT2D eigenvalue weighted by Crippen LogP contribution is 2.34. The van der Waals surface area contributed by atoms with Crippen LogP contribution >= 0.6 is 0 Å². The highest BCUT2D eigenvalue weighted by molar-refractivity contribution is 5.83. The van der Waals surface area contributed by atoms with Crippen LogP contribution in [0.2, 0.25) is 0 Å². The van der Waals surface area contributed by atoms with Crippen LogP contribution in [-0.2, 0) is 0 Å². The first kappa shape index (κ1) is 12.4. The Labute approximate surface area is 108 Å². The van der Waals surface area contributed by atoms with Gasteiger partial charge in [0.25, 0.3) is 0 Å². The molecule has 0 saturated heterocycles. The van der Waals surface area contributed by atoms with Gasteiger partial charge in [0.1, 0.15) is 5.69 Å². The molecule has 0 aromatic carbocycles. The fourth-order valence-electron chi connectivity index (χ4n) is 1.94. The maximum atomic E-state index is 4.48. The summed E-state index contributed by atoms with van der Waals surface area (Å²) in [7, 11) is 8.11. The number of rotatable bonds is 3. The third kappa shape index (κ3) is 2.27. The molecule has 94 valence electrons. The smallest absolute Gasteiger partial charge is 0.114 e. The summed E-state index contributed by atoms with van der Waals surface area (Å²) in [6.45, 7) is 0. The minimum absolute atomic E-state index is 0.893. The average Bonchev–Trinajstić information content (AvgIpc) is 2.38. The van der Waals surface area contributed by atoms with Crippen molar-refractivity contribution in [3.8, 4) is 11.4 Å². The average molecular weight is 242 g/mol. The minimum atomic E-state index is 0.893. The van der Waals surface area contributed by atoms with Gasteiger partial charge >= 0.3 is 0 Å². The summed E-state index contributed by atoms with van der Waals surface area (Å²) in [4.78, 5) is 13.0. The van der Waals surface area contributed by atoms with Crippen LogP contribution < -0.4 is 9.80 Å². The molecule has 0 amide bonds. The van der Waals surface area contributed by atoms with E-state index >= 15 is 0 Å². The second-order valence-electron chi connectivity index (χ2n) is 4.53. The van der Waals surface area contributed by atoms with Crippen molar-refractivity contribution in [1.29, 1.82) is 0 Å². The zero-order valence-electron chi connectivity index (χ0n) is 11.3. The lowest BCUT2D eigenvalue weighted by Crippen LogP contribution is -2.18. The Morgan fingerprint density at radius 1 is 0.833 bits per heavy atom. The lowest BCUT2D eigenvalue weighted by atomic mass is 10.1. The van der Waals surface area contributed by atoms with E-state index in [0.717, 1.165) is 22.8 Å². The molecule has 18 heavy (non-hydrogen) atoms. The quantitative estimate of drug-likeness (QED) is 0.826. The van der Waals surface area contributed by atoms with Crippen LogP contribution in [-0.4, -0.2) is 38.2 Å². The molecule has 2 aromatic rings. The molecule has 0 saturated carbocycles. The van der Waals surface area contributed by atoms with E-state index in [1.807, 2.05) is 58.7 Å². The van der Waals surface area contributed by atoms with Crippen molar-refractivity contribution in [3.05, 3.63) is 36.7 Å². The Hall–Kier alpha value is -2.10. The van der Waals surface area contributed by atoms with E-state index in [9.17, 15) is 0 Å². The molecule has 2 rings (SSSR count). The van der Waals surface area contributed by atoms with Crippen molar-refractivity contribution < 1.29 is 0 Å². The highest BCUT2D eigenvalue weighted by Gasteiger charge is 2.15. The Balaban J connectivity index is 2.64. The molecule has 0 N–H and O–H groups in total. The molecular formula is C14H18N4. The number of hydrogen-bond acceptors (Lipinski definition) is 4. The van der Waals surface area contributed by atoms with Gasteiger partial charge in [0, 0.05) is 40.6 Å². The van der Waals surface area contributed by atoms with Crippen LogP contribution in [0.3, 0.4) is 0 Å². The molecule has 0 fully saturated rings. The van der Waals surface area contributed by atoms with E-state index in [4.69, 9.17) is 0 Å². The largest absolute Gasteiger partial charge is 0.376 e. The zero-order valence-corrected chi connectivity index (χ0v) is 11.3. The van der Waals surface area contributed by atoms with Crippen molar-refractivity contribution in [3.63, 3.8) is 0 Å². The first-order chi connectivity index (χ1) is 8.61. The molecule has 0 radical (unpaired) electrons. The molecular weight excluding hydrogens is 224 g/mol. The zero-order chi connectivity index (χ0) is 13.1. The highest BCUT2D eigenvalue weighted by atomic mass is 15.2. The fourth-order valence-corrected chi connectivity index (χ4v) is 1.94. The van der Waals surface area contributed by atoms with Crippen molar-refractivity contribution >= 4 is 11.4 Å². The van der Waals surface area contributed by atoms with Gasteiger partial charge in [-0.1, -0.05) is 6.07 Å². The molecule has 0 bridgehead atoms.